The Bertz CT molecular complexity index is 3330. The van der Waals surface area contributed by atoms with Crippen LogP contribution in [0.4, 0.5) is 28.4 Å². The van der Waals surface area contributed by atoms with Gasteiger partial charge < -0.3 is 14.2 Å². The Balaban J connectivity index is 1.10. The lowest BCUT2D eigenvalue weighted by Gasteiger charge is -2.32. The maximum absolute atomic E-state index is 6.39. The third kappa shape index (κ3) is 5.80. The van der Waals surface area contributed by atoms with E-state index in [1.807, 2.05) is 12.1 Å². The van der Waals surface area contributed by atoms with Crippen LogP contribution in [-0.2, 0) is 11.8 Å². The SMILES string of the molecule is CC1(C)c2ccccc2-c2cc(-c3cccc4c3N(c3ccccc3)CC4)c(N(c3ccc(-c4ccccc4)cc3)c3cccc(-c4ccc5c(c4)oc4ccccc45)c3)cc21. The summed E-state index contributed by atoms with van der Waals surface area (Å²) in [6, 6.07) is 75.5. The van der Waals surface area contributed by atoms with E-state index in [2.05, 4.69) is 218 Å². The number of rotatable bonds is 7. The number of benzene rings is 9. The van der Waals surface area contributed by atoms with Gasteiger partial charge in [-0.05, 0) is 123 Å². The highest BCUT2D eigenvalue weighted by Gasteiger charge is 2.38. The van der Waals surface area contributed by atoms with Crippen LogP contribution in [0.25, 0.3) is 66.4 Å². The van der Waals surface area contributed by atoms with Crippen molar-refractivity contribution in [3.05, 3.63) is 223 Å². The standard InChI is InChI=1S/C59H44N2O/c1-59(2)53-25-11-9-22-47(53)51-37-52(50-24-14-17-41-33-34-60(58(41)50)44-19-7-4-8-20-44)55(38-54(51)59)61(45-30-27-40(28-31-45)39-15-5-3-6-16-39)46-21-13-18-42(35-46)43-29-32-49-48-23-10-12-26-56(48)62-57(49)36-43/h3-32,35-38H,33-34H2,1-2H3. The molecule has 0 bridgehead atoms. The van der Waals surface area contributed by atoms with Crippen LogP contribution in [0, 0.1) is 0 Å². The summed E-state index contributed by atoms with van der Waals surface area (Å²) < 4.78 is 6.39. The lowest BCUT2D eigenvalue weighted by atomic mass is 9.81. The van der Waals surface area contributed by atoms with Crippen LogP contribution in [0.1, 0.15) is 30.5 Å². The topological polar surface area (TPSA) is 19.6 Å². The predicted molar refractivity (Wildman–Crippen MR) is 259 cm³/mol. The number of hydrogen-bond acceptors (Lipinski definition) is 3. The van der Waals surface area contributed by atoms with Gasteiger partial charge in [0.2, 0.25) is 0 Å². The molecule has 9 aromatic carbocycles. The number of nitrogens with zero attached hydrogens (tertiary/aromatic N) is 2. The van der Waals surface area contributed by atoms with E-state index in [-0.39, 0.29) is 5.41 Å². The Hall–Kier alpha value is -7.62. The Morgan fingerprint density at radius 3 is 1.97 bits per heavy atom. The molecule has 0 fully saturated rings. The molecule has 12 rings (SSSR count). The third-order valence-electron chi connectivity index (χ3n) is 13.3. The van der Waals surface area contributed by atoms with Gasteiger partial charge in [0, 0.05) is 50.9 Å². The molecule has 3 nitrogen and oxygen atoms in total. The molecule has 2 aliphatic rings. The van der Waals surface area contributed by atoms with E-state index in [0.29, 0.717) is 0 Å². The number of fused-ring (bicyclic) bond motifs is 7. The highest BCUT2D eigenvalue weighted by molar-refractivity contribution is 6.06. The van der Waals surface area contributed by atoms with Crippen molar-refractivity contribution in [2.24, 2.45) is 0 Å². The van der Waals surface area contributed by atoms with E-state index in [0.717, 1.165) is 63.1 Å². The van der Waals surface area contributed by atoms with Crippen LogP contribution in [0.3, 0.4) is 0 Å². The normalized spacial score (nSPS) is 13.6. The summed E-state index contributed by atoms with van der Waals surface area (Å²) in [7, 11) is 0. The van der Waals surface area contributed by atoms with Crippen molar-refractivity contribution in [2.45, 2.75) is 25.7 Å². The van der Waals surface area contributed by atoms with E-state index in [4.69, 9.17) is 4.42 Å². The summed E-state index contributed by atoms with van der Waals surface area (Å²) in [6.45, 7) is 5.70. The number of anilines is 5. The second-order valence-electron chi connectivity index (χ2n) is 17.2. The largest absolute Gasteiger partial charge is 0.456 e. The summed E-state index contributed by atoms with van der Waals surface area (Å²) in [5, 5.41) is 2.27. The van der Waals surface area contributed by atoms with E-state index in [1.165, 1.54) is 61.4 Å². The molecular weight excluding hydrogens is 753 g/mol. The van der Waals surface area contributed by atoms with Gasteiger partial charge in [-0.3, -0.25) is 0 Å². The average molecular weight is 797 g/mol. The van der Waals surface area contributed by atoms with E-state index >= 15 is 0 Å². The van der Waals surface area contributed by atoms with Gasteiger partial charge in [0.1, 0.15) is 11.2 Å². The van der Waals surface area contributed by atoms with Crippen molar-refractivity contribution < 1.29 is 4.42 Å². The zero-order valence-corrected chi connectivity index (χ0v) is 34.8. The van der Waals surface area contributed by atoms with Crippen molar-refractivity contribution in [1.29, 1.82) is 0 Å². The van der Waals surface area contributed by atoms with Gasteiger partial charge in [0.15, 0.2) is 0 Å². The maximum Gasteiger partial charge on any atom is 0.136 e. The predicted octanol–water partition coefficient (Wildman–Crippen LogP) is 16.1. The molecule has 0 radical (unpaired) electrons. The summed E-state index contributed by atoms with van der Waals surface area (Å²) >= 11 is 0. The second kappa shape index (κ2) is 14.2. The Morgan fingerprint density at radius 2 is 1.11 bits per heavy atom. The molecule has 0 saturated heterocycles. The van der Waals surface area contributed by atoms with Gasteiger partial charge in [-0.15, -0.1) is 0 Å². The van der Waals surface area contributed by atoms with Gasteiger partial charge in [-0.25, -0.2) is 0 Å². The summed E-state index contributed by atoms with van der Waals surface area (Å²) in [6.07, 6.45) is 0.997. The monoisotopic (exact) mass is 796 g/mol. The van der Waals surface area contributed by atoms with Gasteiger partial charge >= 0.3 is 0 Å². The molecular formula is C59H44N2O. The van der Waals surface area contributed by atoms with Crippen molar-refractivity contribution in [3.63, 3.8) is 0 Å². The van der Waals surface area contributed by atoms with Crippen LogP contribution in [0.5, 0.6) is 0 Å². The molecule has 0 amide bonds. The molecule has 0 saturated carbocycles. The molecule has 0 unspecified atom stereocenters. The lowest BCUT2D eigenvalue weighted by molar-refractivity contribution is 0.660. The minimum Gasteiger partial charge on any atom is -0.456 e. The Kier molecular flexibility index (Phi) is 8.33. The molecule has 1 aliphatic heterocycles. The molecule has 0 N–H and O–H groups in total. The molecule has 0 atom stereocenters. The summed E-state index contributed by atoms with van der Waals surface area (Å²) in [4.78, 5) is 5.02. The van der Waals surface area contributed by atoms with Crippen molar-refractivity contribution in [1.82, 2.24) is 0 Å². The summed E-state index contributed by atoms with van der Waals surface area (Å²) in [5.41, 5.74) is 21.2. The minimum atomic E-state index is -0.194. The van der Waals surface area contributed by atoms with Gasteiger partial charge in [-0.1, -0.05) is 153 Å². The molecule has 1 aliphatic carbocycles. The zero-order chi connectivity index (χ0) is 41.4. The minimum absolute atomic E-state index is 0.194. The van der Waals surface area contributed by atoms with Crippen molar-refractivity contribution in [3.8, 4) is 44.5 Å². The van der Waals surface area contributed by atoms with Crippen LogP contribution < -0.4 is 9.80 Å². The smallest absolute Gasteiger partial charge is 0.136 e. The lowest BCUT2D eigenvalue weighted by Crippen LogP contribution is -2.18. The summed E-state index contributed by atoms with van der Waals surface area (Å²) in [5.74, 6) is 0. The van der Waals surface area contributed by atoms with Crippen LogP contribution >= 0.6 is 0 Å². The Morgan fingerprint density at radius 1 is 0.452 bits per heavy atom. The second-order valence-corrected chi connectivity index (χ2v) is 17.2. The van der Waals surface area contributed by atoms with E-state index < -0.39 is 0 Å². The molecule has 3 heteroatoms. The number of furan rings is 1. The first-order valence-corrected chi connectivity index (χ1v) is 21.7. The van der Waals surface area contributed by atoms with Crippen LogP contribution in [0.15, 0.2) is 211 Å². The van der Waals surface area contributed by atoms with Crippen LogP contribution in [0.2, 0.25) is 0 Å². The Labute approximate surface area is 362 Å². The zero-order valence-electron chi connectivity index (χ0n) is 34.8. The third-order valence-corrected chi connectivity index (χ3v) is 13.3. The molecule has 296 valence electrons. The fraction of sp³-hybridized carbons (Fsp3) is 0.0847. The molecule has 1 aromatic heterocycles. The molecule has 62 heavy (non-hydrogen) atoms. The van der Waals surface area contributed by atoms with Gasteiger partial charge in [-0.2, -0.15) is 0 Å². The molecule has 0 spiro atoms. The van der Waals surface area contributed by atoms with Crippen LogP contribution in [-0.4, -0.2) is 6.54 Å². The quantitative estimate of drug-likeness (QED) is 0.160. The van der Waals surface area contributed by atoms with E-state index in [9.17, 15) is 0 Å². The number of para-hydroxylation sites is 3. The van der Waals surface area contributed by atoms with Crippen molar-refractivity contribution in [2.75, 3.05) is 16.3 Å². The first kappa shape index (κ1) is 36.2. The van der Waals surface area contributed by atoms with Gasteiger partial charge in [0.25, 0.3) is 0 Å². The van der Waals surface area contributed by atoms with Gasteiger partial charge in [0.05, 0.1) is 11.4 Å². The van der Waals surface area contributed by atoms with Crippen molar-refractivity contribution >= 4 is 50.4 Å². The molecule has 2 heterocycles. The highest BCUT2D eigenvalue weighted by atomic mass is 16.3. The number of hydrogen-bond donors (Lipinski definition) is 0. The fourth-order valence-corrected chi connectivity index (χ4v) is 10.3. The fourth-order valence-electron chi connectivity index (χ4n) is 10.3. The average Bonchev–Trinajstić information content (AvgIpc) is 4.00. The first-order chi connectivity index (χ1) is 30.5. The maximum atomic E-state index is 6.39. The van der Waals surface area contributed by atoms with E-state index in [1.54, 1.807) is 0 Å². The first-order valence-electron chi connectivity index (χ1n) is 21.7. The molecule has 10 aromatic rings. The highest BCUT2D eigenvalue weighted by Crippen LogP contribution is 2.55.